The second-order valence-corrected chi connectivity index (χ2v) is 7.24. The van der Waals surface area contributed by atoms with Gasteiger partial charge in [-0.1, -0.05) is 11.8 Å². The molecule has 2 rings (SSSR count). The average molecular weight is 350 g/mol. The van der Waals surface area contributed by atoms with Crippen LogP contribution in [0.15, 0.2) is 28.3 Å². The standard InChI is InChI=1S/C16H22N4O3S/c1-10(18-15(22)23-16(2,3)4)9-20-12(21)7-6-11-8-17-14(24-5)19-13(11)20/h6-8,10H,9H2,1-5H3,(H,18,22)/t10-/m1/s1. The monoisotopic (exact) mass is 350 g/mol. The zero-order valence-corrected chi connectivity index (χ0v) is 15.3. The molecule has 2 aromatic heterocycles. The highest BCUT2D eigenvalue weighted by Crippen LogP contribution is 2.14. The largest absolute Gasteiger partial charge is 0.444 e. The number of aromatic nitrogens is 3. The lowest BCUT2D eigenvalue weighted by Gasteiger charge is -2.22. The van der Waals surface area contributed by atoms with E-state index in [4.69, 9.17) is 4.74 Å². The zero-order valence-electron chi connectivity index (χ0n) is 14.5. The minimum atomic E-state index is -0.569. The van der Waals surface area contributed by atoms with Crippen LogP contribution in [0.3, 0.4) is 0 Å². The molecule has 2 heterocycles. The van der Waals surface area contributed by atoms with E-state index in [1.54, 1.807) is 37.6 Å². The van der Waals surface area contributed by atoms with E-state index in [1.807, 2.05) is 13.2 Å². The van der Waals surface area contributed by atoms with Gasteiger partial charge in [-0.25, -0.2) is 14.8 Å². The average Bonchev–Trinajstić information content (AvgIpc) is 2.47. The molecular formula is C16H22N4O3S. The van der Waals surface area contributed by atoms with Crippen LogP contribution in [0.1, 0.15) is 27.7 Å². The van der Waals surface area contributed by atoms with Crippen LogP contribution in [0.4, 0.5) is 4.79 Å². The summed E-state index contributed by atoms with van der Waals surface area (Å²) in [6.45, 7) is 7.50. The van der Waals surface area contributed by atoms with Crippen LogP contribution in [0.25, 0.3) is 11.0 Å². The summed E-state index contributed by atoms with van der Waals surface area (Å²) < 4.78 is 6.77. The topological polar surface area (TPSA) is 86.1 Å². The predicted molar refractivity (Wildman–Crippen MR) is 94.4 cm³/mol. The fourth-order valence-corrected chi connectivity index (χ4v) is 2.49. The van der Waals surface area contributed by atoms with Crippen molar-refractivity contribution >= 4 is 28.9 Å². The molecule has 0 aromatic carbocycles. The third-order valence-corrected chi connectivity index (χ3v) is 3.66. The minimum absolute atomic E-state index is 0.175. The van der Waals surface area contributed by atoms with Gasteiger partial charge in [0.15, 0.2) is 5.16 Å². The van der Waals surface area contributed by atoms with Gasteiger partial charge in [0.25, 0.3) is 5.56 Å². The van der Waals surface area contributed by atoms with E-state index < -0.39 is 11.7 Å². The molecule has 1 amide bonds. The van der Waals surface area contributed by atoms with Crippen molar-refractivity contribution in [2.75, 3.05) is 6.26 Å². The van der Waals surface area contributed by atoms with Crippen molar-refractivity contribution in [2.24, 2.45) is 0 Å². The third-order valence-electron chi connectivity index (χ3n) is 3.10. The Kier molecular flexibility index (Phi) is 5.48. The molecule has 0 radical (unpaired) electrons. The molecule has 2 aromatic rings. The van der Waals surface area contributed by atoms with Gasteiger partial charge in [0.05, 0.1) is 0 Å². The van der Waals surface area contributed by atoms with Crippen molar-refractivity contribution in [3.63, 3.8) is 0 Å². The Labute approximate surface area is 144 Å². The van der Waals surface area contributed by atoms with E-state index in [1.165, 1.54) is 17.8 Å². The Morgan fingerprint density at radius 3 is 2.75 bits per heavy atom. The number of pyridine rings is 1. The molecule has 8 heteroatoms. The molecule has 0 aliphatic carbocycles. The van der Waals surface area contributed by atoms with Crippen molar-refractivity contribution in [1.82, 2.24) is 19.9 Å². The number of ether oxygens (including phenoxy) is 1. The van der Waals surface area contributed by atoms with Gasteiger partial charge in [0.1, 0.15) is 11.2 Å². The van der Waals surface area contributed by atoms with Crippen LogP contribution in [0.2, 0.25) is 0 Å². The molecular weight excluding hydrogens is 328 g/mol. The Morgan fingerprint density at radius 2 is 2.12 bits per heavy atom. The van der Waals surface area contributed by atoms with Crippen molar-refractivity contribution in [3.8, 4) is 0 Å². The second-order valence-electron chi connectivity index (χ2n) is 6.47. The Hall–Kier alpha value is -2.09. The molecule has 7 nitrogen and oxygen atoms in total. The summed E-state index contributed by atoms with van der Waals surface area (Å²) >= 11 is 1.41. The Morgan fingerprint density at radius 1 is 1.42 bits per heavy atom. The normalized spacial score (nSPS) is 12.9. The van der Waals surface area contributed by atoms with Crippen molar-refractivity contribution in [1.29, 1.82) is 0 Å². The molecule has 0 aliphatic rings. The summed E-state index contributed by atoms with van der Waals surface area (Å²) in [4.78, 5) is 32.7. The molecule has 0 saturated carbocycles. The number of hydrogen-bond acceptors (Lipinski definition) is 6. The maximum atomic E-state index is 12.2. The smallest absolute Gasteiger partial charge is 0.407 e. The maximum Gasteiger partial charge on any atom is 0.407 e. The lowest BCUT2D eigenvalue weighted by molar-refractivity contribution is 0.0504. The number of nitrogens with zero attached hydrogens (tertiary/aromatic N) is 3. The second kappa shape index (κ2) is 7.21. The van der Waals surface area contributed by atoms with Gasteiger partial charge in [-0.15, -0.1) is 0 Å². The summed E-state index contributed by atoms with van der Waals surface area (Å²) in [6.07, 6.45) is 3.05. The van der Waals surface area contributed by atoms with Gasteiger partial charge >= 0.3 is 6.09 Å². The van der Waals surface area contributed by atoms with E-state index in [-0.39, 0.29) is 11.6 Å². The number of fused-ring (bicyclic) bond motifs is 1. The number of amides is 1. The van der Waals surface area contributed by atoms with Crippen LogP contribution >= 0.6 is 11.8 Å². The predicted octanol–water partition coefficient (Wildman–Crippen LogP) is 2.43. The minimum Gasteiger partial charge on any atom is -0.444 e. The number of thioether (sulfide) groups is 1. The Balaban J connectivity index is 2.24. The number of rotatable bonds is 4. The van der Waals surface area contributed by atoms with E-state index in [9.17, 15) is 9.59 Å². The summed E-state index contributed by atoms with van der Waals surface area (Å²) in [7, 11) is 0. The summed E-state index contributed by atoms with van der Waals surface area (Å²) in [6, 6.07) is 2.88. The van der Waals surface area contributed by atoms with Gasteiger partial charge in [0, 0.05) is 30.2 Å². The number of alkyl carbamates (subject to hydrolysis) is 1. The first kappa shape index (κ1) is 18.3. The molecule has 1 atom stereocenters. The molecule has 1 N–H and O–H groups in total. The fraction of sp³-hybridized carbons (Fsp3) is 0.500. The zero-order chi connectivity index (χ0) is 17.9. The van der Waals surface area contributed by atoms with Crippen LogP contribution in [0, 0.1) is 0 Å². The first-order valence-electron chi connectivity index (χ1n) is 7.59. The van der Waals surface area contributed by atoms with Gasteiger partial charge in [-0.3, -0.25) is 9.36 Å². The first-order chi connectivity index (χ1) is 11.2. The van der Waals surface area contributed by atoms with Crippen molar-refractivity contribution in [2.45, 2.75) is 51.0 Å². The van der Waals surface area contributed by atoms with E-state index >= 15 is 0 Å². The van der Waals surface area contributed by atoms with Crippen molar-refractivity contribution in [3.05, 3.63) is 28.7 Å². The number of nitrogens with one attached hydrogen (secondary N) is 1. The fourth-order valence-electron chi connectivity index (χ4n) is 2.16. The molecule has 0 bridgehead atoms. The van der Waals surface area contributed by atoms with Gasteiger partial charge < -0.3 is 10.1 Å². The van der Waals surface area contributed by atoms with Crippen LogP contribution in [0.5, 0.6) is 0 Å². The molecule has 130 valence electrons. The molecule has 0 saturated heterocycles. The summed E-state index contributed by atoms with van der Waals surface area (Å²) in [5.41, 5.74) is -0.189. The third kappa shape index (κ3) is 4.70. The lowest BCUT2D eigenvalue weighted by atomic mass is 10.2. The van der Waals surface area contributed by atoms with Crippen LogP contribution in [-0.4, -0.2) is 38.5 Å². The van der Waals surface area contributed by atoms with E-state index in [2.05, 4.69) is 15.3 Å². The number of hydrogen-bond donors (Lipinski definition) is 1. The highest BCUT2D eigenvalue weighted by Gasteiger charge is 2.18. The molecule has 24 heavy (non-hydrogen) atoms. The Bertz CT molecular complexity index is 798. The van der Waals surface area contributed by atoms with Crippen molar-refractivity contribution < 1.29 is 9.53 Å². The van der Waals surface area contributed by atoms with Gasteiger partial charge in [-0.2, -0.15) is 0 Å². The SMILES string of the molecule is CSc1ncc2ccc(=O)n(C[C@@H](C)NC(=O)OC(C)(C)C)c2n1. The number of carbonyl (C=O) groups is 1. The van der Waals surface area contributed by atoms with Gasteiger partial charge in [-0.05, 0) is 40.0 Å². The summed E-state index contributed by atoms with van der Waals surface area (Å²) in [5, 5.41) is 4.10. The molecule has 0 aliphatic heterocycles. The first-order valence-corrected chi connectivity index (χ1v) is 8.82. The quantitative estimate of drug-likeness (QED) is 0.673. The van der Waals surface area contributed by atoms with Crippen LogP contribution in [-0.2, 0) is 11.3 Å². The number of carbonyl (C=O) groups excluding carboxylic acids is 1. The van der Waals surface area contributed by atoms with E-state index in [0.29, 0.717) is 17.3 Å². The maximum absolute atomic E-state index is 12.2. The van der Waals surface area contributed by atoms with E-state index in [0.717, 1.165) is 5.39 Å². The van der Waals surface area contributed by atoms with Gasteiger partial charge in [0.2, 0.25) is 0 Å². The molecule has 0 spiro atoms. The van der Waals surface area contributed by atoms with Crippen LogP contribution < -0.4 is 10.9 Å². The molecule has 0 unspecified atom stereocenters. The highest BCUT2D eigenvalue weighted by atomic mass is 32.2. The highest BCUT2D eigenvalue weighted by molar-refractivity contribution is 7.98. The lowest BCUT2D eigenvalue weighted by Crippen LogP contribution is -2.41. The molecule has 0 fully saturated rings. The summed E-state index contributed by atoms with van der Waals surface area (Å²) in [5.74, 6) is 0.